The van der Waals surface area contributed by atoms with Crippen LogP contribution >= 0.6 is 11.3 Å². The minimum absolute atomic E-state index is 0.515. The lowest BCUT2D eigenvalue weighted by Crippen LogP contribution is -2.26. The van der Waals surface area contributed by atoms with Crippen LogP contribution in [0.25, 0.3) is 0 Å². The number of rotatable bonds is 3. The molecule has 1 N–H and O–H groups in total. The molecule has 0 saturated carbocycles. The number of hydrogen-bond acceptors (Lipinski definition) is 3. The van der Waals surface area contributed by atoms with Gasteiger partial charge in [-0.1, -0.05) is 0 Å². The summed E-state index contributed by atoms with van der Waals surface area (Å²) >= 11 is 1.53. The summed E-state index contributed by atoms with van der Waals surface area (Å²) in [4.78, 5) is 14.6. The summed E-state index contributed by atoms with van der Waals surface area (Å²) in [5.41, 5.74) is 0. The molecule has 0 unspecified atom stereocenters. The predicted octanol–water partition coefficient (Wildman–Crippen LogP) is 1.74. The maximum absolute atomic E-state index is 10.9. The number of nitrogens with zero attached hydrogens (tertiary/aromatic N) is 1. The van der Waals surface area contributed by atoms with E-state index in [2.05, 4.69) is 0 Å². The zero-order chi connectivity index (χ0) is 10.0. The van der Waals surface area contributed by atoms with Crippen LogP contribution in [0.3, 0.4) is 0 Å². The van der Waals surface area contributed by atoms with Gasteiger partial charge in [-0.15, -0.1) is 11.3 Å². The second kappa shape index (κ2) is 3.89. The van der Waals surface area contributed by atoms with Crippen LogP contribution < -0.4 is 0 Å². The summed E-state index contributed by atoms with van der Waals surface area (Å²) in [5.74, 6) is -0.799. The summed E-state index contributed by atoms with van der Waals surface area (Å²) in [6, 6.07) is 3.30. The SMILES string of the molecule is Cc1ccc([C@H](C(=O)O)N(C)C)s1. The fourth-order valence-corrected chi connectivity index (χ4v) is 2.26. The van der Waals surface area contributed by atoms with E-state index in [-0.39, 0.29) is 0 Å². The van der Waals surface area contributed by atoms with Crippen LogP contribution in [-0.2, 0) is 4.79 Å². The van der Waals surface area contributed by atoms with Gasteiger partial charge in [-0.2, -0.15) is 0 Å². The van der Waals surface area contributed by atoms with E-state index in [9.17, 15) is 4.79 Å². The monoisotopic (exact) mass is 199 g/mol. The number of carboxylic acids is 1. The van der Waals surface area contributed by atoms with Gasteiger partial charge < -0.3 is 5.11 Å². The first-order valence-electron chi connectivity index (χ1n) is 3.98. The summed E-state index contributed by atoms with van der Waals surface area (Å²) in [5, 5.41) is 8.97. The molecule has 0 aliphatic carbocycles. The van der Waals surface area contributed by atoms with Crippen molar-refractivity contribution < 1.29 is 9.90 Å². The number of thiophene rings is 1. The Morgan fingerprint density at radius 3 is 2.46 bits per heavy atom. The fraction of sp³-hybridized carbons (Fsp3) is 0.444. The standard InChI is InChI=1S/C9H13NO2S/c1-6-4-5-7(13-6)8(9(11)12)10(2)3/h4-5,8H,1-3H3,(H,11,12)/t8-/m1/s1. The van der Waals surface area contributed by atoms with Gasteiger partial charge in [0.15, 0.2) is 0 Å². The topological polar surface area (TPSA) is 40.5 Å². The molecule has 0 aromatic carbocycles. The fourth-order valence-electron chi connectivity index (χ4n) is 1.20. The summed E-state index contributed by atoms with van der Waals surface area (Å²) in [6.07, 6.45) is 0. The largest absolute Gasteiger partial charge is 0.480 e. The molecule has 0 amide bonds. The van der Waals surface area contributed by atoms with Crippen molar-refractivity contribution in [2.75, 3.05) is 14.1 Å². The Morgan fingerprint density at radius 1 is 1.54 bits per heavy atom. The first-order chi connectivity index (χ1) is 6.02. The average molecular weight is 199 g/mol. The lowest BCUT2D eigenvalue weighted by molar-refractivity contribution is -0.142. The molecule has 0 aliphatic heterocycles. The Hall–Kier alpha value is -0.870. The first-order valence-corrected chi connectivity index (χ1v) is 4.79. The summed E-state index contributed by atoms with van der Waals surface area (Å²) < 4.78 is 0. The molecular weight excluding hydrogens is 186 g/mol. The third-order valence-electron chi connectivity index (χ3n) is 1.78. The van der Waals surface area contributed by atoms with Crippen molar-refractivity contribution in [3.05, 3.63) is 21.9 Å². The van der Waals surface area contributed by atoms with Crippen LogP contribution in [-0.4, -0.2) is 30.1 Å². The predicted molar refractivity (Wildman–Crippen MR) is 53.1 cm³/mol. The highest BCUT2D eigenvalue weighted by Crippen LogP contribution is 2.25. The molecule has 0 fully saturated rings. The molecular formula is C9H13NO2S. The minimum Gasteiger partial charge on any atom is -0.480 e. The van der Waals surface area contributed by atoms with Gasteiger partial charge in [-0.3, -0.25) is 9.69 Å². The van der Waals surface area contributed by atoms with Crippen molar-refractivity contribution in [2.45, 2.75) is 13.0 Å². The van der Waals surface area contributed by atoms with Crippen molar-refractivity contribution in [1.29, 1.82) is 0 Å². The molecule has 0 radical (unpaired) electrons. The van der Waals surface area contributed by atoms with Gasteiger partial charge in [-0.05, 0) is 33.2 Å². The van der Waals surface area contributed by atoms with E-state index in [1.807, 2.05) is 19.1 Å². The Kier molecular flexibility index (Phi) is 3.06. The molecule has 0 aliphatic rings. The van der Waals surface area contributed by atoms with E-state index in [1.54, 1.807) is 19.0 Å². The summed E-state index contributed by atoms with van der Waals surface area (Å²) in [7, 11) is 3.54. The molecule has 1 heterocycles. The van der Waals surface area contributed by atoms with Crippen molar-refractivity contribution >= 4 is 17.3 Å². The molecule has 0 saturated heterocycles. The number of aryl methyl sites for hydroxylation is 1. The molecule has 1 rings (SSSR count). The van der Waals surface area contributed by atoms with Gasteiger partial charge in [0.1, 0.15) is 6.04 Å². The smallest absolute Gasteiger partial charge is 0.326 e. The number of carboxylic acid groups (broad SMARTS) is 1. The molecule has 3 nitrogen and oxygen atoms in total. The van der Waals surface area contributed by atoms with Crippen molar-refractivity contribution in [3.8, 4) is 0 Å². The minimum atomic E-state index is -0.799. The van der Waals surface area contributed by atoms with Crippen LogP contribution in [0, 0.1) is 6.92 Å². The van der Waals surface area contributed by atoms with Gasteiger partial charge in [0.25, 0.3) is 0 Å². The second-order valence-electron chi connectivity index (χ2n) is 3.15. The maximum atomic E-state index is 10.9. The Morgan fingerprint density at radius 2 is 2.15 bits per heavy atom. The van der Waals surface area contributed by atoms with Crippen LogP contribution in [0.4, 0.5) is 0 Å². The van der Waals surface area contributed by atoms with Crippen LogP contribution in [0.5, 0.6) is 0 Å². The molecule has 4 heteroatoms. The second-order valence-corrected chi connectivity index (χ2v) is 4.47. The Labute approximate surface area is 81.6 Å². The van der Waals surface area contributed by atoms with Crippen molar-refractivity contribution in [2.24, 2.45) is 0 Å². The lowest BCUT2D eigenvalue weighted by Gasteiger charge is -2.18. The third kappa shape index (κ3) is 2.29. The molecule has 13 heavy (non-hydrogen) atoms. The molecule has 1 aromatic heterocycles. The number of hydrogen-bond donors (Lipinski definition) is 1. The van der Waals surface area contributed by atoms with E-state index in [4.69, 9.17) is 5.11 Å². The van der Waals surface area contributed by atoms with Crippen molar-refractivity contribution in [3.63, 3.8) is 0 Å². The van der Waals surface area contributed by atoms with Gasteiger partial charge >= 0.3 is 5.97 Å². The zero-order valence-corrected chi connectivity index (χ0v) is 8.76. The van der Waals surface area contributed by atoms with Crippen LogP contribution in [0.1, 0.15) is 15.8 Å². The van der Waals surface area contributed by atoms with Gasteiger partial charge in [0.05, 0.1) is 0 Å². The van der Waals surface area contributed by atoms with Crippen LogP contribution in [0.15, 0.2) is 12.1 Å². The molecule has 1 atom stereocenters. The zero-order valence-electron chi connectivity index (χ0n) is 7.94. The Bertz CT molecular complexity index is 306. The van der Waals surface area contributed by atoms with E-state index in [1.165, 1.54) is 11.3 Å². The van der Waals surface area contributed by atoms with E-state index in [0.29, 0.717) is 0 Å². The number of likely N-dealkylation sites (N-methyl/N-ethyl adjacent to an activating group) is 1. The van der Waals surface area contributed by atoms with Crippen molar-refractivity contribution in [1.82, 2.24) is 4.90 Å². The van der Waals surface area contributed by atoms with E-state index in [0.717, 1.165) is 9.75 Å². The quantitative estimate of drug-likeness (QED) is 0.806. The molecule has 0 spiro atoms. The van der Waals surface area contributed by atoms with Gasteiger partial charge in [-0.25, -0.2) is 0 Å². The highest BCUT2D eigenvalue weighted by molar-refractivity contribution is 7.12. The average Bonchev–Trinajstić information content (AvgIpc) is 2.34. The Balaban J connectivity index is 2.95. The highest BCUT2D eigenvalue weighted by Gasteiger charge is 2.23. The normalized spacial score (nSPS) is 13.2. The van der Waals surface area contributed by atoms with E-state index >= 15 is 0 Å². The first kappa shape index (κ1) is 10.2. The molecule has 0 bridgehead atoms. The number of carbonyl (C=O) groups is 1. The third-order valence-corrected chi connectivity index (χ3v) is 2.83. The molecule has 72 valence electrons. The molecule has 1 aromatic rings. The number of aliphatic carboxylic acids is 1. The van der Waals surface area contributed by atoms with E-state index < -0.39 is 12.0 Å². The highest BCUT2D eigenvalue weighted by atomic mass is 32.1. The van der Waals surface area contributed by atoms with Gasteiger partial charge in [0, 0.05) is 9.75 Å². The van der Waals surface area contributed by atoms with Crippen LogP contribution in [0.2, 0.25) is 0 Å². The van der Waals surface area contributed by atoms with Gasteiger partial charge in [0.2, 0.25) is 0 Å². The lowest BCUT2D eigenvalue weighted by atomic mass is 10.2. The maximum Gasteiger partial charge on any atom is 0.326 e. The summed E-state index contributed by atoms with van der Waals surface area (Å²) in [6.45, 7) is 1.97.